The van der Waals surface area contributed by atoms with Gasteiger partial charge in [0.05, 0.1) is 16.0 Å². The van der Waals surface area contributed by atoms with Crippen LogP contribution in [0.15, 0.2) is 18.2 Å². The molecule has 1 aromatic carbocycles. The van der Waals surface area contributed by atoms with Gasteiger partial charge in [0.2, 0.25) is 0 Å². The molecule has 0 saturated carbocycles. The molecule has 1 unspecified atom stereocenters. The molecular weight excluding hydrogens is 255 g/mol. The van der Waals surface area contributed by atoms with Crippen molar-refractivity contribution in [3.05, 3.63) is 33.8 Å². The maximum absolute atomic E-state index is 10.8. The molecule has 0 heterocycles. The van der Waals surface area contributed by atoms with E-state index < -0.39 is 18.0 Å². The highest BCUT2D eigenvalue weighted by Gasteiger charge is 2.17. The Morgan fingerprint density at radius 2 is 1.94 bits per heavy atom. The van der Waals surface area contributed by atoms with Crippen LogP contribution >= 0.6 is 23.2 Å². The lowest BCUT2D eigenvalue weighted by atomic mass is 10.1. The van der Waals surface area contributed by atoms with Crippen molar-refractivity contribution in [1.29, 1.82) is 0 Å². The van der Waals surface area contributed by atoms with Gasteiger partial charge in [-0.15, -0.1) is 0 Å². The summed E-state index contributed by atoms with van der Waals surface area (Å²) in [4.78, 5) is 21.5. The molecular formula is C10H7Cl2O4-. The summed E-state index contributed by atoms with van der Waals surface area (Å²) in [5, 5.41) is 11.2. The molecule has 0 radical (unpaired) electrons. The molecule has 4 nitrogen and oxygen atoms in total. The number of carboxylic acids is 1. The number of benzene rings is 1. The second kappa shape index (κ2) is 5.18. The van der Waals surface area contributed by atoms with Crippen LogP contribution in [0.5, 0.6) is 0 Å². The lowest BCUT2D eigenvalue weighted by Gasteiger charge is -2.18. The molecule has 0 bridgehead atoms. The zero-order valence-corrected chi connectivity index (χ0v) is 9.71. The second-order valence-electron chi connectivity index (χ2n) is 2.98. The molecule has 0 N–H and O–H groups in total. The van der Waals surface area contributed by atoms with Crippen molar-refractivity contribution in [2.24, 2.45) is 0 Å². The molecule has 1 aromatic rings. The maximum Gasteiger partial charge on any atom is 0.303 e. The van der Waals surface area contributed by atoms with Gasteiger partial charge in [-0.2, -0.15) is 0 Å². The first-order chi connectivity index (χ1) is 7.41. The third-order valence-electron chi connectivity index (χ3n) is 1.74. The van der Waals surface area contributed by atoms with E-state index in [0.717, 1.165) is 6.92 Å². The van der Waals surface area contributed by atoms with Crippen molar-refractivity contribution < 1.29 is 19.4 Å². The van der Waals surface area contributed by atoms with Gasteiger partial charge in [-0.1, -0.05) is 29.3 Å². The van der Waals surface area contributed by atoms with Crippen LogP contribution in [-0.2, 0) is 14.3 Å². The average Bonchev–Trinajstić information content (AvgIpc) is 2.18. The molecule has 0 amide bonds. The molecule has 16 heavy (non-hydrogen) atoms. The van der Waals surface area contributed by atoms with Crippen LogP contribution in [0, 0.1) is 0 Å². The maximum atomic E-state index is 10.8. The smallest absolute Gasteiger partial charge is 0.303 e. The van der Waals surface area contributed by atoms with E-state index in [4.69, 9.17) is 23.2 Å². The Bertz CT molecular complexity index is 431. The number of rotatable bonds is 3. The van der Waals surface area contributed by atoms with E-state index in [0.29, 0.717) is 0 Å². The van der Waals surface area contributed by atoms with Crippen LogP contribution in [0.3, 0.4) is 0 Å². The molecule has 0 saturated heterocycles. The Hall–Kier alpha value is -1.26. The third kappa shape index (κ3) is 3.12. The molecule has 0 fully saturated rings. The van der Waals surface area contributed by atoms with E-state index >= 15 is 0 Å². The fourth-order valence-corrected chi connectivity index (χ4v) is 1.40. The first-order valence-electron chi connectivity index (χ1n) is 4.25. The van der Waals surface area contributed by atoms with Crippen molar-refractivity contribution in [2.75, 3.05) is 0 Å². The highest BCUT2D eigenvalue weighted by Crippen LogP contribution is 2.27. The Morgan fingerprint density at radius 3 is 2.38 bits per heavy atom. The van der Waals surface area contributed by atoms with Gasteiger partial charge < -0.3 is 14.6 Å². The lowest BCUT2D eigenvalue weighted by Crippen LogP contribution is -2.32. The third-order valence-corrected chi connectivity index (χ3v) is 2.48. The number of carbonyl (C=O) groups is 2. The van der Waals surface area contributed by atoms with Crippen molar-refractivity contribution in [3.8, 4) is 0 Å². The van der Waals surface area contributed by atoms with Gasteiger partial charge in [-0.3, -0.25) is 4.79 Å². The van der Waals surface area contributed by atoms with Gasteiger partial charge >= 0.3 is 5.97 Å². The van der Waals surface area contributed by atoms with E-state index in [1.165, 1.54) is 18.2 Å². The zero-order chi connectivity index (χ0) is 12.3. The second-order valence-corrected chi connectivity index (χ2v) is 3.80. The summed E-state index contributed by atoms with van der Waals surface area (Å²) in [6.07, 6.45) is -1.48. The van der Waals surface area contributed by atoms with Gasteiger partial charge in [-0.05, 0) is 17.7 Å². The van der Waals surface area contributed by atoms with Crippen molar-refractivity contribution >= 4 is 35.1 Å². The molecule has 0 spiro atoms. The van der Waals surface area contributed by atoms with Crippen molar-refractivity contribution in [1.82, 2.24) is 0 Å². The van der Waals surface area contributed by atoms with Gasteiger partial charge in [0, 0.05) is 6.92 Å². The van der Waals surface area contributed by atoms with Crippen LogP contribution in [0.2, 0.25) is 10.0 Å². The molecule has 0 aliphatic rings. The molecule has 0 aromatic heterocycles. The number of esters is 1. The van der Waals surface area contributed by atoms with Crippen molar-refractivity contribution in [3.63, 3.8) is 0 Å². The fraction of sp³-hybridized carbons (Fsp3) is 0.200. The first kappa shape index (κ1) is 12.8. The lowest BCUT2D eigenvalue weighted by molar-refractivity contribution is -0.316. The quantitative estimate of drug-likeness (QED) is 0.771. The fourth-order valence-electron chi connectivity index (χ4n) is 1.09. The minimum Gasteiger partial charge on any atom is -0.546 e. The molecule has 0 aliphatic heterocycles. The number of hydrogen-bond acceptors (Lipinski definition) is 4. The van der Waals surface area contributed by atoms with E-state index in [9.17, 15) is 14.7 Å². The van der Waals surface area contributed by atoms with Crippen LogP contribution in [0.1, 0.15) is 18.6 Å². The number of ether oxygens (including phenoxy) is 1. The normalized spacial score (nSPS) is 11.9. The van der Waals surface area contributed by atoms with Gasteiger partial charge in [0.1, 0.15) is 0 Å². The highest BCUT2D eigenvalue weighted by atomic mass is 35.5. The van der Waals surface area contributed by atoms with Crippen molar-refractivity contribution in [2.45, 2.75) is 13.0 Å². The minimum absolute atomic E-state index is 0.178. The van der Waals surface area contributed by atoms with E-state index in [2.05, 4.69) is 4.74 Å². The number of carboxylic acid groups (broad SMARTS) is 1. The SMILES string of the molecule is CC(=O)OC(C(=O)[O-])c1ccc(Cl)c(Cl)c1. The van der Waals surface area contributed by atoms with Crippen LogP contribution in [0.4, 0.5) is 0 Å². The molecule has 1 rings (SSSR count). The monoisotopic (exact) mass is 261 g/mol. The predicted octanol–water partition coefficient (Wildman–Crippen LogP) is 1.35. The minimum atomic E-state index is -1.52. The van der Waals surface area contributed by atoms with Crippen LogP contribution in [0.25, 0.3) is 0 Å². The topological polar surface area (TPSA) is 66.4 Å². The van der Waals surface area contributed by atoms with Gasteiger partial charge in [0.25, 0.3) is 0 Å². The molecule has 86 valence electrons. The Morgan fingerprint density at radius 1 is 1.31 bits per heavy atom. The summed E-state index contributed by atoms with van der Waals surface area (Å²) in [6, 6.07) is 4.13. The van der Waals surface area contributed by atoms with Crippen LogP contribution in [-0.4, -0.2) is 11.9 Å². The summed E-state index contributed by atoms with van der Waals surface area (Å²) in [5.41, 5.74) is 0.199. The van der Waals surface area contributed by atoms with Gasteiger partial charge in [-0.25, -0.2) is 0 Å². The number of aliphatic carboxylic acids is 1. The summed E-state index contributed by atoms with van der Waals surface area (Å²) in [7, 11) is 0. The van der Waals surface area contributed by atoms with E-state index in [1.807, 2.05) is 0 Å². The molecule has 1 atom stereocenters. The summed E-state index contributed by atoms with van der Waals surface area (Å²) in [5.74, 6) is -2.24. The molecule has 6 heteroatoms. The summed E-state index contributed by atoms with van der Waals surface area (Å²) in [6.45, 7) is 1.10. The standard InChI is InChI=1S/C10H8Cl2O4/c1-5(13)16-9(10(14)15)6-2-3-7(11)8(12)4-6/h2-4,9H,1H3,(H,14,15)/p-1. The van der Waals surface area contributed by atoms with E-state index in [-0.39, 0.29) is 15.6 Å². The summed E-state index contributed by atoms with van der Waals surface area (Å²) < 4.78 is 4.59. The Labute approximate surface area is 102 Å². The Kier molecular flexibility index (Phi) is 4.15. The van der Waals surface area contributed by atoms with Gasteiger partial charge in [0.15, 0.2) is 6.10 Å². The summed E-state index contributed by atoms with van der Waals surface area (Å²) >= 11 is 11.4. The predicted molar refractivity (Wildman–Crippen MR) is 56.0 cm³/mol. The highest BCUT2D eigenvalue weighted by molar-refractivity contribution is 6.42. The van der Waals surface area contributed by atoms with E-state index in [1.54, 1.807) is 0 Å². The largest absolute Gasteiger partial charge is 0.546 e. The number of carbonyl (C=O) groups excluding carboxylic acids is 2. The zero-order valence-electron chi connectivity index (χ0n) is 8.20. The number of halogens is 2. The van der Waals surface area contributed by atoms with Crippen LogP contribution < -0.4 is 5.11 Å². The Balaban J connectivity index is 3.06. The average molecular weight is 262 g/mol. The number of hydrogen-bond donors (Lipinski definition) is 0. The molecule has 0 aliphatic carbocycles. The first-order valence-corrected chi connectivity index (χ1v) is 5.00.